The van der Waals surface area contributed by atoms with E-state index in [1.807, 2.05) is 12.1 Å². The number of ether oxygens (including phenoxy) is 2. The van der Waals surface area contributed by atoms with Gasteiger partial charge in [0.15, 0.2) is 5.96 Å². The molecule has 0 spiro atoms. The molecule has 0 bridgehead atoms. The predicted molar refractivity (Wildman–Crippen MR) is 115 cm³/mol. The highest BCUT2D eigenvalue weighted by Crippen LogP contribution is 2.40. The van der Waals surface area contributed by atoms with E-state index < -0.39 is 0 Å². The van der Waals surface area contributed by atoms with Crippen molar-refractivity contribution in [3.05, 3.63) is 35.6 Å². The zero-order valence-corrected chi connectivity index (χ0v) is 17.7. The van der Waals surface area contributed by atoms with Gasteiger partial charge in [-0.25, -0.2) is 4.39 Å². The van der Waals surface area contributed by atoms with E-state index in [9.17, 15) is 4.39 Å². The van der Waals surface area contributed by atoms with Crippen molar-refractivity contribution >= 4 is 5.96 Å². The van der Waals surface area contributed by atoms with E-state index in [1.54, 1.807) is 19.2 Å². The van der Waals surface area contributed by atoms with E-state index >= 15 is 0 Å². The van der Waals surface area contributed by atoms with Crippen molar-refractivity contribution in [2.24, 2.45) is 10.9 Å². The van der Waals surface area contributed by atoms with E-state index in [1.165, 1.54) is 18.4 Å². The molecule has 1 aromatic rings. The lowest BCUT2D eigenvalue weighted by atomic mass is 9.79. The molecule has 3 rings (SSSR count). The number of aliphatic imine (C=N–C) groups is 1. The van der Waals surface area contributed by atoms with Crippen LogP contribution in [0.5, 0.6) is 0 Å². The van der Waals surface area contributed by atoms with Crippen LogP contribution in [0.25, 0.3) is 0 Å². The highest BCUT2D eigenvalue weighted by molar-refractivity contribution is 5.79. The van der Waals surface area contributed by atoms with Gasteiger partial charge in [0.2, 0.25) is 0 Å². The molecule has 0 amide bonds. The van der Waals surface area contributed by atoms with Gasteiger partial charge in [-0.1, -0.05) is 25.0 Å². The standard InChI is InChI=1S/C23H36FN3O2/c1-25-22(26-13-4-14-29-17-19-9-15-28-16-10-19)27-18-23(11-2-3-12-23)20-5-7-21(24)8-6-20/h5-8,19H,2-4,9-18H2,1H3,(H2,25,26,27). The van der Waals surface area contributed by atoms with Crippen molar-refractivity contribution in [3.63, 3.8) is 0 Å². The Morgan fingerprint density at radius 1 is 1.17 bits per heavy atom. The van der Waals surface area contributed by atoms with Gasteiger partial charge in [0.1, 0.15) is 5.82 Å². The molecule has 1 aliphatic carbocycles. The monoisotopic (exact) mass is 405 g/mol. The fourth-order valence-electron chi connectivity index (χ4n) is 4.44. The Labute approximate surface area is 174 Å². The smallest absolute Gasteiger partial charge is 0.191 e. The van der Waals surface area contributed by atoms with Crippen LogP contribution in [0.4, 0.5) is 4.39 Å². The van der Waals surface area contributed by atoms with E-state index in [2.05, 4.69) is 15.6 Å². The van der Waals surface area contributed by atoms with E-state index in [0.717, 1.165) is 77.6 Å². The van der Waals surface area contributed by atoms with Crippen LogP contribution in [0.2, 0.25) is 0 Å². The number of rotatable bonds is 9. The second-order valence-electron chi connectivity index (χ2n) is 8.33. The van der Waals surface area contributed by atoms with Crippen LogP contribution in [0.15, 0.2) is 29.3 Å². The first kappa shape index (κ1) is 22.0. The molecular formula is C23H36FN3O2. The Morgan fingerprint density at radius 3 is 2.59 bits per heavy atom. The minimum atomic E-state index is -0.175. The lowest BCUT2D eigenvalue weighted by molar-refractivity contribution is 0.0203. The summed E-state index contributed by atoms with van der Waals surface area (Å²) in [6.45, 7) is 5.00. The minimum absolute atomic E-state index is 0.0676. The second kappa shape index (κ2) is 11.5. The number of halogens is 1. The molecule has 162 valence electrons. The summed E-state index contributed by atoms with van der Waals surface area (Å²) >= 11 is 0. The summed E-state index contributed by atoms with van der Waals surface area (Å²) in [5, 5.41) is 6.89. The quantitative estimate of drug-likeness (QED) is 0.374. The summed E-state index contributed by atoms with van der Waals surface area (Å²) in [5.41, 5.74) is 1.29. The van der Waals surface area contributed by atoms with Crippen molar-refractivity contribution in [2.75, 3.05) is 46.6 Å². The van der Waals surface area contributed by atoms with Crippen molar-refractivity contribution in [1.29, 1.82) is 0 Å². The topological polar surface area (TPSA) is 54.9 Å². The van der Waals surface area contributed by atoms with Crippen molar-refractivity contribution in [1.82, 2.24) is 10.6 Å². The van der Waals surface area contributed by atoms with Gasteiger partial charge in [-0.05, 0) is 55.7 Å². The average Bonchev–Trinajstić information content (AvgIpc) is 3.24. The summed E-state index contributed by atoms with van der Waals surface area (Å²) in [4.78, 5) is 4.36. The van der Waals surface area contributed by atoms with Gasteiger partial charge >= 0.3 is 0 Å². The van der Waals surface area contributed by atoms with Crippen LogP contribution in [-0.2, 0) is 14.9 Å². The van der Waals surface area contributed by atoms with Crippen LogP contribution in [-0.4, -0.2) is 52.5 Å². The molecule has 2 aliphatic rings. The maximum atomic E-state index is 13.3. The van der Waals surface area contributed by atoms with Gasteiger partial charge in [-0.15, -0.1) is 0 Å². The zero-order chi connectivity index (χ0) is 20.4. The maximum Gasteiger partial charge on any atom is 0.191 e. The molecule has 2 N–H and O–H groups in total. The molecule has 5 nitrogen and oxygen atoms in total. The van der Waals surface area contributed by atoms with Gasteiger partial charge in [0.25, 0.3) is 0 Å². The molecule has 1 aliphatic heterocycles. The zero-order valence-electron chi connectivity index (χ0n) is 17.7. The SMILES string of the molecule is CN=C(NCCCOCC1CCOCC1)NCC1(c2ccc(F)cc2)CCCC1. The van der Waals surface area contributed by atoms with Crippen LogP contribution in [0.1, 0.15) is 50.5 Å². The first-order chi connectivity index (χ1) is 14.2. The molecule has 29 heavy (non-hydrogen) atoms. The van der Waals surface area contributed by atoms with E-state index in [4.69, 9.17) is 9.47 Å². The number of hydrogen-bond donors (Lipinski definition) is 2. The Balaban J connectivity index is 1.37. The summed E-state index contributed by atoms with van der Waals surface area (Å²) in [7, 11) is 1.80. The number of guanidine groups is 1. The number of hydrogen-bond acceptors (Lipinski definition) is 3. The maximum absolute atomic E-state index is 13.3. The summed E-state index contributed by atoms with van der Waals surface area (Å²) < 4.78 is 24.5. The molecule has 1 saturated carbocycles. The Morgan fingerprint density at radius 2 is 1.90 bits per heavy atom. The van der Waals surface area contributed by atoms with Gasteiger partial charge in [0, 0.05) is 52.0 Å². The highest BCUT2D eigenvalue weighted by Gasteiger charge is 2.35. The summed E-state index contributed by atoms with van der Waals surface area (Å²) in [5.74, 6) is 1.30. The molecule has 0 radical (unpaired) electrons. The number of nitrogens with zero attached hydrogens (tertiary/aromatic N) is 1. The molecule has 6 heteroatoms. The van der Waals surface area contributed by atoms with Gasteiger partial charge in [0.05, 0.1) is 0 Å². The number of nitrogens with one attached hydrogen (secondary N) is 2. The van der Waals surface area contributed by atoms with Crippen molar-refractivity contribution in [3.8, 4) is 0 Å². The van der Waals surface area contributed by atoms with Gasteiger partial charge in [-0.3, -0.25) is 4.99 Å². The largest absolute Gasteiger partial charge is 0.381 e. The fraction of sp³-hybridized carbons (Fsp3) is 0.696. The molecule has 0 atom stereocenters. The predicted octanol–water partition coefficient (Wildman–Crippen LogP) is 3.64. The summed E-state index contributed by atoms with van der Waals surface area (Å²) in [6.07, 6.45) is 7.87. The fourth-order valence-corrected chi connectivity index (χ4v) is 4.44. The van der Waals surface area contributed by atoms with Crippen molar-refractivity contribution in [2.45, 2.75) is 50.4 Å². The molecule has 1 aromatic carbocycles. The molecular weight excluding hydrogens is 369 g/mol. The molecule has 2 fully saturated rings. The minimum Gasteiger partial charge on any atom is -0.381 e. The van der Waals surface area contributed by atoms with Crippen LogP contribution in [0, 0.1) is 11.7 Å². The third-order valence-corrected chi connectivity index (χ3v) is 6.29. The molecule has 0 aromatic heterocycles. The van der Waals surface area contributed by atoms with Crippen LogP contribution < -0.4 is 10.6 Å². The molecule has 1 heterocycles. The highest BCUT2D eigenvalue weighted by atomic mass is 19.1. The second-order valence-corrected chi connectivity index (χ2v) is 8.33. The molecule has 0 unspecified atom stereocenters. The van der Waals surface area contributed by atoms with Crippen LogP contribution >= 0.6 is 0 Å². The first-order valence-electron chi connectivity index (χ1n) is 11.1. The Hall–Kier alpha value is -1.66. The third kappa shape index (κ3) is 6.68. The normalized spacial score (nSPS) is 20.0. The Bertz CT molecular complexity index is 624. The third-order valence-electron chi connectivity index (χ3n) is 6.29. The molecule has 1 saturated heterocycles. The van der Waals surface area contributed by atoms with Gasteiger partial charge in [-0.2, -0.15) is 0 Å². The lowest BCUT2D eigenvalue weighted by Crippen LogP contribution is -2.45. The first-order valence-corrected chi connectivity index (χ1v) is 11.1. The van der Waals surface area contributed by atoms with Crippen molar-refractivity contribution < 1.29 is 13.9 Å². The van der Waals surface area contributed by atoms with E-state index in [-0.39, 0.29) is 11.2 Å². The van der Waals surface area contributed by atoms with Crippen LogP contribution in [0.3, 0.4) is 0 Å². The van der Waals surface area contributed by atoms with E-state index in [0.29, 0.717) is 5.92 Å². The average molecular weight is 406 g/mol. The van der Waals surface area contributed by atoms with Gasteiger partial charge < -0.3 is 20.1 Å². The summed E-state index contributed by atoms with van der Waals surface area (Å²) in [6, 6.07) is 7.02. The number of benzene rings is 1. The Kier molecular flexibility index (Phi) is 8.74. The lowest BCUT2D eigenvalue weighted by Gasteiger charge is -2.31.